The highest BCUT2D eigenvalue weighted by Gasteiger charge is 2.11. The van der Waals surface area contributed by atoms with Crippen molar-refractivity contribution in [2.24, 2.45) is 10.2 Å². The number of rotatable bonds is 3. The zero-order chi connectivity index (χ0) is 18.1. The molecule has 4 aromatic rings. The van der Waals surface area contributed by atoms with Crippen LogP contribution in [0, 0.1) is 0 Å². The van der Waals surface area contributed by atoms with E-state index in [-0.39, 0.29) is 11.3 Å². The zero-order valence-electron chi connectivity index (χ0n) is 13.6. The molecule has 4 aromatic carbocycles. The fraction of sp³-hybridized carbons (Fsp3) is 0. The van der Waals surface area contributed by atoms with Crippen LogP contribution in [0.1, 0.15) is 10.4 Å². The first-order valence-electron chi connectivity index (χ1n) is 8.02. The standard InChI is InChI=1S/C21H14N2O3/c24-19-12-9-13-5-1-2-6-14(13)20(19)23-22-18-11-10-17(21(25)26)15-7-3-4-8-16(15)18/h1-12,24H,(H,25,26). The number of hydrogen-bond donors (Lipinski definition) is 2. The molecule has 5 heteroatoms. The van der Waals surface area contributed by atoms with Gasteiger partial charge in [0.2, 0.25) is 0 Å². The Morgan fingerprint density at radius 2 is 1.42 bits per heavy atom. The van der Waals surface area contributed by atoms with E-state index in [4.69, 9.17) is 0 Å². The normalized spacial score (nSPS) is 11.4. The Morgan fingerprint density at radius 3 is 2.19 bits per heavy atom. The van der Waals surface area contributed by atoms with Crippen LogP contribution < -0.4 is 0 Å². The number of hydrogen-bond acceptors (Lipinski definition) is 4. The molecule has 2 N–H and O–H groups in total. The van der Waals surface area contributed by atoms with Gasteiger partial charge in [-0.05, 0) is 29.0 Å². The minimum Gasteiger partial charge on any atom is -0.506 e. The van der Waals surface area contributed by atoms with Gasteiger partial charge in [-0.25, -0.2) is 4.79 Å². The molecule has 0 amide bonds. The molecular formula is C21H14N2O3. The number of phenolic OH excluding ortho intramolecular Hbond substituents is 1. The number of nitrogens with zero attached hydrogens (tertiary/aromatic N) is 2. The first kappa shape index (κ1) is 15.8. The van der Waals surface area contributed by atoms with Gasteiger partial charge in [-0.15, -0.1) is 10.2 Å². The summed E-state index contributed by atoms with van der Waals surface area (Å²) < 4.78 is 0. The summed E-state index contributed by atoms with van der Waals surface area (Å²) in [6, 6.07) is 21.3. The quantitative estimate of drug-likeness (QED) is 0.461. The van der Waals surface area contributed by atoms with Crippen LogP contribution in [0.4, 0.5) is 11.4 Å². The van der Waals surface area contributed by atoms with Crippen molar-refractivity contribution in [1.29, 1.82) is 0 Å². The summed E-state index contributed by atoms with van der Waals surface area (Å²) >= 11 is 0. The minimum atomic E-state index is -0.989. The molecule has 0 atom stereocenters. The number of benzene rings is 4. The molecule has 0 heterocycles. The van der Waals surface area contributed by atoms with Gasteiger partial charge in [-0.2, -0.15) is 0 Å². The largest absolute Gasteiger partial charge is 0.506 e. The van der Waals surface area contributed by atoms with Crippen LogP contribution in [-0.2, 0) is 0 Å². The Bertz CT molecular complexity index is 1180. The van der Waals surface area contributed by atoms with Crippen molar-refractivity contribution in [1.82, 2.24) is 0 Å². The van der Waals surface area contributed by atoms with E-state index in [0.29, 0.717) is 22.1 Å². The molecule has 0 aromatic heterocycles. The maximum absolute atomic E-state index is 11.4. The van der Waals surface area contributed by atoms with Crippen LogP contribution >= 0.6 is 0 Å². The van der Waals surface area contributed by atoms with E-state index < -0.39 is 5.97 Å². The number of aromatic carboxylic acids is 1. The van der Waals surface area contributed by atoms with Gasteiger partial charge >= 0.3 is 5.97 Å². The predicted molar refractivity (Wildman–Crippen MR) is 101 cm³/mol. The summed E-state index contributed by atoms with van der Waals surface area (Å²) in [6.45, 7) is 0. The third kappa shape index (κ3) is 2.65. The lowest BCUT2D eigenvalue weighted by molar-refractivity contribution is 0.0699. The molecule has 0 aliphatic heterocycles. The van der Waals surface area contributed by atoms with E-state index in [0.717, 1.165) is 10.8 Å². The van der Waals surface area contributed by atoms with Gasteiger partial charge in [0.1, 0.15) is 11.4 Å². The SMILES string of the molecule is O=C(O)c1ccc(N=Nc2c(O)ccc3ccccc23)c2ccccc12. The van der Waals surface area contributed by atoms with Gasteiger partial charge in [0.25, 0.3) is 0 Å². The molecule has 0 radical (unpaired) electrons. The molecule has 5 nitrogen and oxygen atoms in total. The summed E-state index contributed by atoms with van der Waals surface area (Å²) in [7, 11) is 0. The zero-order valence-corrected chi connectivity index (χ0v) is 13.6. The Morgan fingerprint density at radius 1 is 0.731 bits per heavy atom. The van der Waals surface area contributed by atoms with E-state index in [1.165, 1.54) is 6.07 Å². The summed E-state index contributed by atoms with van der Waals surface area (Å²) in [5.74, 6) is -0.949. The van der Waals surface area contributed by atoms with Crippen molar-refractivity contribution >= 4 is 38.9 Å². The van der Waals surface area contributed by atoms with E-state index in [1.807, 2.05) is 36.4 Å². The minimum absolute atomic E-state index is 0.0407. The average molecular weight is 342 g/mol. The Kier molecular flexibility index (Phi) is 3.82. The molecule has 0 unspecified atom stereocenters. The molecular weight excluding hydrogens is 328 g/mol. The van der Waals surface area contributed by atoms with Crippen LogP contribution in [0.2, 0.25) is 0 Å². The summed E-state index contributed by atoms with van der Waals surface area (Å²) in [6.07, 6.45) is 0. The maximum Gasteiger partial charge on any atom is 0.336 e. The molecule has 26 heavy (non-hydrogen) atoms. The van der Waals surface area contributed by atoms with Crippen molar-refractivity contribution in [3.05, 3.63) is 78.4 Å². The number of phenols is 1. The number of carboxylic acids is 1. The lowest BCUT2D eigenvalue weighted by Gasteiger charge is -2.06. The highest BCUT2D eigenvalue weighted by Crippen LogP contribution is 2.37. The molecule has 0 fully saturated rings. The molecule has 0 aliphatic rings. The number of carbonyl (C=O) groups is 1. The van der Waals surface area contributed by atoms with Gasteiger partial charge < -0.3 is 10.2 Å². The van der Waals surface area contributed by atoms with Gasteiger partial charge in [0.15, 0.2) is 0 Å². The van der Waals surface area contributed by atoms with Crippen LogP contribution in [-0.4, -0.2) is 16.2 Å². The average Bonchev–Trinajstić information content (AvgIpc) is 2.67. The summed E-state index contributed by atoms with van der Waals surface area (Å²) in [5, 5.41) is 31.1. The Hall–Kier alpha value is -3.73. The van der Waals surface area contributed by atoms with Crippen molar-refractivity contribution in [2.45, 2.75) is 0 Å². The fourth-order valence-electron chi connectivity index (χ4n) is 3.01. The second-order valence-corrected chi connectivity index (χ2v) is 5.84. The Balaban J connectivity index is 1.88. The predicted octanol–water partition coefficient (Wildman–Crippen LogP) is 5.81. The Labute approximate surface area is 148 Å². The first-order chi connectivity index (χ1) is 12.6. The topological polar surface area (TPSA) is 82.2 Å². The number of azo groups is 1. The van der Waals surface area contributed by atoms with Gasteiger partial charge in [0, 0.05) is 10.8 Å². The number of fused-ring (bicyclic) bond motifs is 2. The second-order valence-electron chi connectivity index (χ2n) is 5.84. The molecule has 0 bridgehead atoms. The molecule has 126 valence electrons. The maximum atomic E-state index is 11.4. The van der Waals surface area contributed by atoms with Crippen molar-refractivity contribution in [2.75, 3.05) is 0 Å². The highest BCUT2D eigenvalue weighted by molar-refractivity contribution is 6.07. The van der Waals surface area contributed by atoms with Gasteiger partial charge in [0.05, 0.1) is 11.3 Å². The lowest BCUT2D eigenvalue weighted by Crippen LogP contribution is -1.96. The van der Waals surface area contributed by atoms with Crippen molar-refractivity contribution < 1.29 is 15.0 Å². The third-order valence-corrected chi connectivity index (χ3v) is 4.27. The van der Waals surface area contributed by atoms with Crippen LogP contribution in [0.3, 0.4) is 0 Å². The van der Waals surface area contributed by atoms with Gasteiger partial charge in [-0.3, -0.25) is 0 Å². The molecule has 0 spiro atoms. The number of aromatic hydroxyl groups is 1. The van der Waals surface area contributed by atoms with E-state index in [2.05, 4.69) is 10.2 Å². The highest BCUT2D eigenvalue weighted by atomic mass is 16.4. The van der Waals surface area contributed by atoms with Crippen LogP contribution in [0.15, 0.2) is 83.0 Å². The van der Waals surface area contributed by atoms with Gasteiger partial charge in [-0.1, -0.05) is 54.6 Å². The second kappa shape index (κ2) is 6.29. The third-order valence-electron chi connectivity index (χ3n) is 4.27. The van der Waals surface area contributed by atoms with E-state index in [9.17, 15) is 15.0 Å². The van der Waals surface area contributed by atoms with E-state index in [1.54, 1.807) is 30.3 Å². The summed E-state index contributed by atoms with van der Waals surface area (Å²) in [5.41, 5.74) is 1.14. The lowest BCUT2D eigenvalue weighted by atomic mass is 10.0. The number of carboxylic acid groups (broad SMARTS) is 1. The molecule has 0 aliphatic carbocycles. The van der Waals surface area contributed by atoms with Crippen LogP contribution in [0.25, 0.3) is 21.5 Å². The molecule has 0 saturated carbocycles. The monoisotopic (exact) mass is 342 g/mol. The fourth-order valence-corrected chi connectivity index (χ4v) is 3.01. The van der Waals surface area contributed by atoms with Crippen molar-refractivity contribution in [3.63, 3.8) is 0 Å². The van der Waals surface area contributed by atoms with E-state index >= 15 is 0 Å². The summed E-state index contributed by atoms with van der Waals surface area (Å²) in [4.78, 5) is 11.4. The molecule has 0 saturated heterocycles. The first-order valence-corrected chi connectivity index (χ1v) is 8.02. The smallest absolute Gasteiger partial charge is 0.336 e. The molecule has 4 rings (SSSR count). The van der Waals surface area contributed by atoms with Crippen molar-refractivity contribution in [3.8, 4) is 5.75 Å². The van der Waals surface area contributed by atoms with Crippen LogP contribution in [0.5, 0.6) is 5.75 Å².